The highest BCUT2D eigenvalue weighted by Crippen LogP contribution is 2.39. The van der Waals surface area contributed by atoms with Gasteiger partial charge in [-0.1, -0.05) is 0 Å². The Morgan fingerprint density at radius 2 is 2.08 bits per heavy atom. The molecule has 194 valence electrons. The fourth-order valence-electron chi connectivity index (χ4n) is 3.84. The number of carbonyl (C=O) groups excluding carboxylic acids is 2. The van der Waals surface area contributed by atoms with Gasteiger partial charge in [0.1, 0.15) is 36.6 Å². The number of rotatable bonds is 7. The lowest BCUT2D eigenvalue weighted by molar-refractivity contribution is -0.149. The molecule has 0 aliphatic carbocycles. The first-order valence-electron chi connectivity index (χ1n) is 11.0. The summed E-state index contributed by atoms with van der Waals surface area (Å²) in [6.45, 7) is 1.27. The minimum absolute atomic E-state index is 0.0507. The van der Waals surface area contributed by atoms with Gasteiger partial charge in [0, 0.05) is 19.2 Å². The lowest BCUT2D eigenvalue weighted by Gasteiger charge is -2.35. The zero-order valence-corrected chi connectivity index (χ0v) is 19.1. The molecule has 2 bridgehead atoms. The number of anilines is 3. The van der Waals surface area contributed by atoms with E-state index in [-0.39, 0.29) is 35.9 Å². The second-order valence-corrected chi connectivity index (χ2v) is 8.35. The van der Waals surface area contributed by atoms with Crippen LogP contribution in [-0.2, 0) is 0 Å². The molecule has 1 unspecified atom stereocenters. The number of pyridine rings is 1. The van der Waals surface area contributed by atoms with Gasteiger partial charge in [0.05, 0.1) is 18.3 Å². The molecule has 1 fully saturated rings. The Bertz CT molecular complexity index is 1140. The third-order valence-electron chi connectivity index (χ3n) is 5.75. The fraction of sp³-hybridized carbons (Fsp3) is 0.476. The number of ether oxygens (including phenoxy) is 1. The van der Waals surface area contributed by atoms with Crippen molar-refractivity contribution in [3.63, 3.8) is 0 Å². The van der Waals surface area contributed by atoms with Crippen molar-refractivity contribution >= 4 is 29.3 Å². The van der Waals surface area contributed by atoms with Crippen LogP contribution in [-0.4, -0.2) is 87.8 Å². The van der Waals surface area contributed by atoms with Gasteiger partial charge in [-0.3, -0.25) is 15.0 Å². The molecule has 0 aromatic carbocycles. The van der Waals surface area contributed by atoms with Crippen LogP contribution in [0.25, 0.3) is 0 Å². The molecule has 3 amide bonds. The molecule has 15 heteroatoms. The summed E-state index contributed by atoms with van der Waals surface area (Å²) in [5.74, 6) is -0.739. The van der Waals surface area contributed by atoms with Crippen LogP contribution in [0.1, 0.15) is 23.8 Å². The number of nitrogens with one attached hydrogen (secondary N) is 2. The van der Waals surface area contributed by atoms with Crippen molar-refractivity contribution in [2.45, 2.75) is 37.7 Å². The first-order valence-corrected chi connectivity index (χ1v) is 11.0. The van der Waals surface area contributed by atoms with Gasteiger partial charge in [-0.2, -0.15) is 13.2 Å². The van der Waals surface area contributed by atoms with Gasteiger partial charge in [-0.05, 0) is 25.5 Å². The van der Waals surface area contributed by atoms with Crippen LogP contribution < -0.4 is 25.2 Å². The average molecular weight is 511 g/mol. The molecule has 3 atom stereocenters. The van der Waals surface area contributed by atoms with Crippen molar-refractivity contribution in [2.24, 2.45) is 0 Å². The molecule has 2 aromatic heterocycles. The van der Waals surface area contributed by atoms with Crippen molar-refractivity contribution in [1.29, 1.82) is 0 Å². The van der Waals surface area contributed by atoms with E-state index in [4.69, 9.17) is 9.84 Å². The number of halogens is 3. The van der Waals surface area contributed by atoms with E-state index in [9.17, 15) is 27.9 Å². The molecule has 2 aliphatic rings. The van der Waals surface area contributed by atoms with E-state index < -0.39 is 36.9 Å². The van der Waals surface area contributed by atoms with E-state index in [0.29, 0.717) is 25.2 Å². The summed E-state index contributed by atoms with van der Waals surface area (Å²) in [5.41, 5.74) is 0.314. The molecule has 36 heavy (non-hydrogen) atoms. The molecule has 4 rings (SSSR count). The van der Waals surface area contributed by atoms with Gasteiger partial charge in [0.15, 0.2) is 5.82 Å². The molecule has 0 spiro atoms. The fourth-order valence-corrected chi connectivity index (χ4v) is 3.84. The Morgan fingerprint density at radius 1 is 1.31 bits per heavy atom. The van der Waals surface area contributed by atoms with Crippen molar-refractivity contribution in [3.8, 4) is 5.88 Å². The van der Waals surface area contributed by atoms with Gasteiger partial charge < -0.3 is 25.2 Å². The maximum absolute atomic E-state index is 13.3. The zero-order valence-electron chi connectivity index (χ0n) is 19.1. The number of hydrogen-bond acceptors (Lipinski definition) is 9. The van der Waals surface area contributed by atoms with Crippen LogP contribution in [0, 0.1) is 0 Å². The molecule has 1 saturated heterocycles. The van der Waals surface area contributed by atoms with E-state index in [1.807, 2.05) is 10.2 Å². The molecular weight excluding hydrogens is 487 g/mol. The van der Waals surface area contributed by atoms with Crippen LogP contribution >= 0.6 is 0 Å². The summed E-state index contributed by atoms with van der Waals surface area (Å²) in [6, 6.07) is 1.23. The average Bonchev–Trinajstić information content (AvgIpc) is 3.25. The number of urea groups is 1. The standard InChI is InChI=1S/C21H24F3N7O5/c1-11(21(22,23)24)27-19(34)14-2-3-15-18(28-14)31(12-4-5-30(15)7-12)20(35)29-16-6-17(26-10-25-16)36-9-13(33)8-32/h2-3,6,10-13,32-33H,4-5,7-9H2,1H3,(H,27,34)(H,25,26,29,35)/t11?,12-,13-/m0/s1. The normalized spacial score (nSPS) is 18.3. The summed E-state index contributed by atoms with van der Waals surface area (Å²) < 4.78 is 43.9. The number of aromatic nitrogens is 3. The van der Waals surface area contributed by atoms with Crippen LogP contribution in [0.3, 0.4) is 0 Å². The largest absolute Gasteiger partial charge is 0.475 e. The number of amides is 3. The van der Waals surface area contributed by atoms with Crippen molar-refractivity contribution in [3.05, 3.63) is 30.2 Å². The Kier molecular flexibility index (Phi) is 7.12. The molecule has 4 N–H and O–H groups in total. The van der Waals surface area contributed by atoms with Crippen molar-refractivity contribution in [2.75, 3.05) is 41.4 Å². The molecule has 0 radical (unpaired) electrons. The molecule has 4 heterocycles. The van der Waals surface area contributed by atoms with Crippen LogP contribution in [0.15, 0.2) is 24.5 Å². The van der Waals surface area contributed by atoms with Crippen molar-refractivity contribution in [1.82, 2.24) is 20.3 Å². The maximum atomic E-state index is 13.3. The van der Waals surface area contributed by atoms with Crippen LogP contribution in [0.2, 0.25) is 0 Å². The monoisotopic (exact) mass is 511 g/mol. The number of carbonyl (C=O) groups is 2. The molecular formula is C21H24F3N7O5. The first kappa shape index (κ1) is 25.4. The van der Waals surface area contributed by atoms with E-state index >= 15 is 0 Å². The third kappa shape index (κ3) is 5.41. The summed E-state index contributed by atoms with van der Waals surface area (Å²) >= 11 is 0. The number of fused-ring (bicyclic) bond motifs is 4. The predicted molar refractivity (Wildman–Crippen MR) is 120 cm³/mol. The number of alkyl halides is 3. The number of aliphatic hydroxyl groups is 2. The minimum Gasteiger partial charge on any atom is -0.475 e. The highest BCUT2D eigenvalue weighted by Gasteiger charge is 2.41. The molecule has 2 aliphatic heterocycles. The maximum Gasteiger partial charge on any atom is 0.408 e. The third-order valence-corrected chi connectivity index (χ3v) is 5.75. The van der Waals surface area contributed by atoms with Gasteiger partial charge in [-0.15, -0.1) is 0 Å². The lowest BCUT2D eigenvalue weighted by Crippen LogP contribution is -2.49. The van der Waals surface area contributed by atoms with Gasteiger partial charge >= 0.3 is 12.2 Å². The van der Waals surface area contributed by atoms with Crippen molar-refractivity contribution < 1.29 is 37.7 Å². The Morgan fingerprint density at radius 3 is 2.81 bits per heavy atom. The second-order valence-electron chi connectivity index (χ2n) is 8.35. The smallest absolute Gasteiger partial charge is 0.408 e. The summed E-state index contributed by atoms with van der Waals surface area (Å²) in [6.07, 6.45) is -3.96. The van der Waals surface area contributed by atoms with E-state index in [2.05, 4.69) is 20.3 Å². The highest BCUT2D eigenvalue weighted by molar-refractivity contribution is 6.05. The Labute approximate surface area is 203 Å². The topological polar surface area (TPSA) is 153 Å². The minimum atomic E-state index is -4.61. The first-order chi connectivity index (χ1) is 17.1. The lowest BCUT2D eigenvalue weighted by atomic mass is 10.1. The van der Waals surface area contributed by atoms with E-state index in [1.165, 1.54) is 17.0 Å². The summed E-state index contributed by atoms with van der Waals surface area (Å²) in [5, 5.41) is 22.8. The molecule has 0 saturated carbocycles. The Hall–Kier alpha value is -3.72. The number of aliphatic hydroxyl groups excluding tert-OH is 2. The van der Waals surface area contributed by atoms with Gasteiger partial charge in [0.2, 0.25) is 5.88 Å². The highest BCUT2D eigenvalue weighted by atomic mass is 19.4. The van der Waals surface area contributed by atoms with Crippen LogP contribution in [0.5, 0.6) is 5.88 Å². The second kappa shape index (κ2) is 10.1. The molecule has 12 nitrogen and oxygen atoms in total. The zero-order chi connectivity index (χ0) is 26.0. The van der Waals surface area contributed by atoms with Gasteiger partial charge in [0.25, 0.3) is 5.91 Å². The van der Waals surface area contributed by atoms with E-state index in [1.54, 1.807) is 6.07 Å². The van der Waals surface area contributed by atoms with E-state index in [0.717, 1.165) is 13.3 Å². The molecule has 2 aromatic rings. The Balaban J connectivity index is 1.55. The quantitative estimate of drug-likeness (QED) is 0.425. The SMILES string of the molecule is CC(NC(=O)c1ccc2c(n1)N(C(=O)Nc1cc(OC[C@@H](O)CO)ncn1)[C@H]1CCN2C1)C(F)(F)F. The van der Waals surface area contributed by atoms with Gasteiger partial charge in [-0.25, -0.2) is 19.7 Å². The number of nitrogens with zero attached hydrogens (tertiary/aromatic N) is 5. The van der Waals surface area contributed by atoms with Crippen LogP contribution in [0.4, 0.5) is 35.3 Å². The number of hydrogen-bond donors (Lipinski definition) is 4. The summed E-state index contributed by atoms with van der Waals surface area (Å²) in [7, 11) is 0. The summed E-state index contributed by atoms with van der Waals surface area (Å²) in [4.78, 5) is 41.1. The predicted octanol–water partition coefficient (Wildman–Crippen LogP) is 0.915.